The summed E-state index contributed by atoms with van der Waals surface area (Å²) in [6, 6.07) is 12.9. The van der Waals surface area contributed by atoms with Crippen molar-refractivity contribution in [1.29, 1.82) is 0 Å². The summed E-state index contributed by atoms with van der Waals surface area (Å²) in [4.78, 5) is 39.7. The molecule has 0 saturated carbocycles. The van der Waals surface area contributed by atoms with Crippen LogP contribution in [0.15, 0.2) is 48.5 Å². The molecular formula is C18H15N3O4. The molecule has 7 heteroatoms. The minimum atomic E-state index is -1.30. The van der Waals surface area contributed by atoms with Crippen LogP contribution in [0.5, 0.6) is 0 Å². The third kappa shape index (κ3) is 3.25. The average molecular weight is 337 g/mol. The molecule has 0 bridgehead atoms. The number of hydrogen-bond donors (Lipinski definition) is 3. The molecule has 126 valence electrons. The van der Waals surface area contributed by atoms with Gasteiger partial charge in [0.15, 0.2) is 0 Å². The van der Waals surface area contributed by atoms with Crippen LogP contribution in [0.25, 0.3) is 21.8 Å². The fourth-order valence-electron chi connectivity index (χ4n) is 2.71. The van der Waals surface area contributed by atoms with E-state index >= 15 is 0 Å². The van der Waals surface area contributed by atoms with Crippen molar-refractivity contribution in [2.24, 2.45) is 5.73 Å². The van der Waals surface area contributed by atoms with Gasteiger partial charge >= 0.3 is 5.97 Å². The zero-order valence-electron chi connectivity index (χ0n) is 13.1. The summed E-state index contributed by atoms with van der Waals surface area (Å²) in [5, 5.41) is 12.5. The lowest BCUT2D eigenvalue weighted by Gasteiger charge is -2.16. The number of aliphatic carboxylic acids is 1. The number of pyridine rings is 1. The molecule has 3 aromatic rings. The highest BCUT2D eigenvalue weighted by Crippen LogP contribution is 2.25. The van der Waals surface area contributed by atoms with Gasteiger partial charge in [-0.15, -0.1) is 0 Å². The van der Waals surface area contributed by atoms with Gasteiger partial charge in [-0.2, -0.15) is 0 Å². The van der Waals surface area contributed by atoms with Gasteiger partial charge in [0.25, 0.3) is 5.91 Å². The molecule has 1 aromatic heterocycles. The van der Waals surface area contributed by atoms with E-state index in [-0.39, 0.29) is 0 Å². The molecule has 3 rings (SSSR count). The van der Waals surface area contributed by atoms with E-state index in [4.69, 9.17) is 10.8 Å². The summed E-state index contributed by atoms with van der Waals surface area (Å²) in [5.41, 5.74) is 6.79. The first kappa shape index (κ1) is 16.4. The number of amides is 2. The van der Waals surface area contributed by atoms with E-state index in [9.17, 15) is 14.4 Å². The summed E-state index contributed by atoms with van der Waals surface area (Å²) in [7, 11) is 0. The number of primary amides is 1. The summed E-state index contributed by atoms with van der Waals surface area (Å²) in [6.45, 7) is 0. The highest BCUT2D eigenvalue weighted by atomic mass is 16.4. The van der Waals surface area contributed by atoms with Gasteiger partial charge in [-0.1, -0.05) is 36.4 Å². The van der Waals surface area contributed by atoms with E-state index in [0.717, 1.165) is 0 Å². The van der Waals surface area contributed by atoms with E-state index in [1.165, 1.54) is 0 Å². The summed E-state index contributed by atoms with van der Waals surface area (Å²) < 4.78 is 0. The number of aromatic nitrogens is 1. The predicted octanol–water partition coefficient (Wildman–Crippen LogP) is 1.45. The van der Waals surface area contributed by atoms with Crippen molar-refractivity contribution in [1.82, 2.24) is 10.3 Å². The number of nitrogens with two attached hydrogens (primary N) is 1. The zero-order chi connectivity index (χ0) is 18.0. The molecule has 0 spiro atoms. The molecule has 7 nitrogen and oxygen atoms in total. The van der Waals surface area contributed by atoms with Gasteiger partial charge in [0.2, 0.25) is 5.91 Å². The van der Waals surface area contributed by atoms with Crippen molar-refractivity contribution in [2.45, 2.75) is 12.5 Å². The first-order valence-corrected chi connectivity index (χ1v) is 7.57. The first-order chi connectivity index (χ1) is 12.0. The number of nitrogens with zero attached hydrogens (tertiary/aromatic N) is 1. The van der Waals surface area contributed by atoms with E-state index in [1.807, 2.05) is 12.1 Å². The molecule has 0 aliphatic rings. The second-order valence-corrected chi connectivity index (χ2v) is 5.55. The van der Waals surface area contributed by atoms with Crippen molar-refractivity contribution in [2.75, 3.05) is 0 Å². The number of fused-ring (bicyclic) bond motifs is 2. The monoisotopic (exact) mass is 337 g/mol. The van der Waals surface area contributed by atoms with E-state index in [0.29, 0.717) is 27.4 Å². The fraction of sp³-hybridized carbons (Fsp3) is 0.111. The van der Waals surface area contributed by atoms with Crippen molar-refractivity contribution < 1.29 is 19.5 Å². The molecule has 2 aromatic carbocycles. The quantitative estimate of drug-likeness (QED) is 0.608. The zero-order valence-corrected chi connectivity index (χ0v) is 13.1. The van der Waals surface area contributed by atoms with Crippen LogP contribution >= 0.6 is 0 Å². The van der Waals surface area contributed by atoms with Gasteiger partial charge in [-0.3, -0.25) is 14.4 Å². The molecule has 0 aliphatic heterocycles. The first-order valence-electron chi connectivity index (χ1n) is 7.57. The van der Waals surface area contributed by atoms with Crippen LogP contribution in [-0.2, 0) is 9.59 Å². The van der Waals surface area contributed by atoms with Gasteiger partial charge in [-0.25, -0.2) is 4.98 Å². The van der Waals surface area contributed by atoms with Gasteiger partial charge < -0.3 is 16.2 Å². The lowest BCUT2D eigenvalue weighted by atomic mass is 10.0. The molecule has 1 atom stereocenters. The molecule has 0 aliphatic carbocycles. The molecule has 0 fully saturated rings. The number of hydrogen-bond acceptors (Lipinski definition) is 4. The Morgan fingerprint density at radius 3 is 2.00 bits per heavy atom. The molecule has 2 amide bonds. The van der Waals surface area contributed by atoms with Crippen molar-refractivity contribution in [3.8, 4) is 0 Å². The number of nitrogens with one attached hydrogen (secondary N) is 1. The Morgan fingerprint density at radius 1 is 1.00 bits per heavy atom. The Morgan fingerprint density at radius 2 is 1.52 bits per heavy atom. The molecular weight excluding hydrogens is 322 g/mol. The van der Waals surface area contributed by atoms with Crippen molar-refractivity contribution >= 4 is 39.6 Å². The fourth-order valence-corrected chi connectivity index (χ4v) is 2.71. The number of carboxylic acid groups (broad SMARTS) is 1. The third-order valence-electron chi connectivity index (χ3n) is 3.84. The van der Waals surface area contributed by atoms with Crippen molar-refractivity contribution in [3.05, 3.63) is 54.1 Å². The van der Waals surface area contributed by atoms with Gasteiger partial charge in [-0.05, 0) is 12.1 Å². The molecule has 25 heavy (non-hydrogen) atoms. The van der Waals surface area contributed by atoms with Crippen molar-refractivity contribution in [3.63, 3.8) is 0 Å². The van der Waals surface area contributed by atoms with Crippen LogP contribution in [0.4, 0.5) is 0 Å². The summed E-state index contributed by atoms with van der Waals surface area (Å²) >= 11 is 0. The average Bonchev–Trinajstić information content (AvgIpc) is 2.58. The van der Waals surface area contributed by atoms with Crippen LogP contribution in [0.1, 0.15) is 16.8 Å². The Bertz CT molecular complexity index is 946. The normalized spacial score (nSPS) is 12.0. The third-order valence-corrected chi connectivity index (χ3v) is 3.84. The number of carbonyl (C=O) groups excluding carboxylic acids is 2. The van der Waals surface area contributed by atoms with E-state index < -0.39 is 30.2 Å². The smallest absolute Gasteiger partial charge is 0.305 e. The highest BCUT2D eigenvalue weighted by Gasteiger charge is 2.24. The molecule has 0 radical (unpaired) electrons. The second kappa shape index (κ2) is 6.56. The van der Waals surface area contributed by atoms with Gasteiger partial charge in [0.05, 0.1) is 23.0 Å². The number of carbonyl (C=O) groups is 3. The molecule has 1 heterocycles. The Hall–Kier alpha value is -3.48. The molecule has 0 unspecified atom stereocenters. The lowest BCUT2D eigenvalue weighted by Crippen LogP contribution is -2.45. The predicted molar refractivity (Wildman–Crippen MR) is 92.0 cm³/mol. The topological polar surface area (TPSA) is 122 Å². The Kier molecular flexibility index (Phi) is 4.30. The number of carboxylic acids is 1. The number of para-hydroxylation sites is 2. The SMILES string of the molecule is NC(=O)[C@H](CC(=O)O)NC(=O)c1c2ccccc2nc2ccccc12. The van der Waals surface area contributed by atoms with Crippen LogP contribution < -0.4 is 11.1 Å². The maximum atomic E-state index is 12.8. The largest absolute Gasteiger partial charge is 0.481 e. The summed E-state index contributed by atoms with van der Waals surface area (Å²) in [6.07, 6.45) is -0.581. The van der Waals surface area contributed by atoms with Crippen LogP contribution in [-0.4, -0.2) is 33.9 Å². The number of rotatable bonds is 5. The van der Waals surface area contributed by atoms with E-state index in [1.54, 1.807) is 36.4 Å². The maximum Gasteiger partial charge on any atom is 0.305 e. The van der Waals surface area contributed by atoms with E-state index in [2.05, 4.69) is 10.3 Å². The van der Waals surface area contributed by atoms with Crippen LogP contribution in [0.3, 0.4) is 0 Å². The standard InChI is InChI=1S/C18H15N3O4/c19-17(24)14(9-15(22)23)21-18(25)16-10-5-1-3-7-12(10)20-13-8-4-2-6-11(13)16/h1-8,14H,9H2,(H2,19,24)(H,21,25)(H,22,23)/t14-/m0/s1. The van der Waals surface area contributed by atoms with Gasteiger partial charge in [0.1, 0.15) is 6.04 Å². The van der Waals surface area contributed by atoms with Gasteiger partial charge in [0, 0.05) is 10.8 Å². The lowest BCUT2D eigenvalue weighted by molar-refractivity contribution is -0.139. The van der Waals surface area contributed by atoms with Crippen LogP contribution in [0.2, 0.25) is 0 Å². The minimum absolute atomic E-state index is 0.331. The second-order valence-electron chi connectivity index (χ2n) is 5.55. The van der Waals surface area contributed by atoms with Crippen LogP contribution in [0, 0.1) is 0 Å². The summed E-state index contributed by atoms with van der Waals surface area (Å²) in [5.74, 6) is -2.70. The Balaban J connectivity index is 2.13. The highest BCUT2D eigenvalue weighted by molar-refractivity contribution is 6.16. The molecule has 4 N–H and O–H groups in total. The molecule has 0 saturated heterocycles. The Labute approximate surface area is 142 Å². The number of benzene rings is 2. The minimum Gasteiger partial charge on any atom is -0.481 e. The maximum absolute atomic E-state index is 12.8.